The number of thiazole rings is 1. The van der Waals surface area contributed by atoms with Crippen LogP contribution in [0.25, 0.3) is 0 Å². The molecule has 1 aliphatic carbocycles. The fraction of sp³-hybridized carbons (Fsp3) is 0.467. The van der Waals surface area contributed by atoms with Crippen molar-refractivity contribution in [3.8, 4) is 0 Å². The van der Waals surface area contributed by atoms with E-state index in [2.05, 4.69) is 24.1 Å². The molecule has 1 atom stereocenters. The van der Waals surface area contributed by atoms with Crippen LogP contribution in [0.5, 0.6) is 0 Å². The molecule has 3 rings (SSSR count). The summed E-state index contributed by atoms with van der Waals surface area (Å²) in [5.74, 6) is 0.675. The number of anilines is 1. The van der Waals surface area contributed by atoms with Gasteiger partial charge < -0.3 is 9.52 Å². The molecular weight excluding hydrogens is 288 g/mol. The number of furan rings is 1. The van der Waals surface area contributed by atoms with Crippen molar-refractivity contribution < 1.29 is 14.3 Å². The van der Waals surface area contributed by atoms with Gasteiger partial charge in [0.25, 0.3) is 5.91 Å². The minimum absolute atomic E-state index is 0.0280. The standard InChI is InChI=1S/C15H18N2O3S/c1-8-11-9(18)6-15(2,3)7-10(11)20-12(8)13(19)17-14-16-4-5-21-14/h4-5,9,18H,6-7H2,1-3H3,(H,16,17,19)/t9-/m0/s1. The highest BCUT2D eigenvalue weighted by atomic mass is 32.1. The summed E-state index contributed by atoms with van der Waals surface area (Å²) in [6.45, 7) is 6.00. The number of hydrogen-bond acceptors (Lipinski definition) is 5. The molecule has 0 fully saturated rings. The number of fused-ring (bicyclic) bond motifs is 1. The topological polar surface area (TPSA) is 75.4 Å². The molecule has 21 heavy (non-hydrogen) atoms. The van der Waals surface area contributed by atoms with Crippen LogP contribution in [0.4, 0.5) is 5.13 Å². The Morgan fingerprint density at radius 2 is 2.33 bits per heavy atom. The van der Waals surface area contributed by atoms with Crippen molar-refractivity contribution in [3.63, 3.8) is 0 Å². The van der Waals surface area contributed by atoms with Gasteiger partial charge in [-0.1, -0.05) is 13.8 Å². The van der Waals surface area contributed by atoms with Crippen LogP contribution < -0.4 is 5.32 Å². The Morgan fingerprint density at radius 3 is 3.00 bits per heavy atom. The SMILES string of the molecule is Cc1c(C(=O)Nc2nccs2)oc2c1[C@@H](O)CC(C)(C)C2. The van der Waals surface area contributed by atoms with Gasteiger partial charge in [-0.15, -0.1) is 11.3 Å². The van der Waals surface area contributed by atoms with E-state index < -0.39 is 6.10 Å². The zero-order chi connectivity index (χ0) is 15.2. The van der Waals surface area contributed by atoms with Crippen molar-refractivity contribution in [3.05, 3.63) is 34.2 Å². The Morgan fingerprint density at radius 1 is 1.57 bits per heavy atom. The first-order chi connectivity index (χ1) is 9.87. The lowest BCUT2D eigenvalue weighted by Gasteiger charge is -2.31. The highest BCUT2D eigenvalue weighted by Gasteiger charge is 2.37. The molecule has 2 N–H and O–H groups in total. The van der Waals surface area contributed by atoms with E-state index in [0.29, 0.717) is 11.6 Å². The molecule has 0 saturated carbocycles. The molecular formula is C15H18N2O3S. The fourth-order valence-corrected chi connectivity index (χ4v) is 3.47. The van der Waals surface area contributed by atoms with E-state index in [0.717, 1.165) is 23.3 Å². The number of amides is 1. The molecule has 1 aliphatic rings. The first-order valence-electron chi connectivity index (χ1n) is 6.88. The number of aliphatic hydroxyl groups excluding tert-OH is 1. The van der Waals surface area contributed by atoms with E-state index in [1.54, 1.807) is 11.6 Å². The second kappa shape index (κ2) is 4.96. The molecule has 2 aromatic rings. The first kappa shape index (κ1) is 14.3. The monoisotopic (exact) mass is 306 g/mol. The Hall–Kier alpha value is -1.66. The van der Waals surface area contributed by atoms with Gasteiger partial charge in [0.1, 0.15) is 5.76 Å². The largest absolute Gasteiger partial charge is 0.455 e. The summed E-state index contributed by atoms with van der Waals surface area (Å²) in [6, 6.07) is 0. The van der Waals surface area contributed by atoms with Crippen LogP contribution >= 0.6 is 11.3 Å². The maximum atomic E-state index is 12.3. The molecule has 0 unspecified atom stereocenters. The van der Waals surface area contributed by atoms with Gasteiger partial charge in [0.15, 0.2) is 10.9 Å². The van der Waals surface area contributed by atoms with E-state index in [-0.39, 0.29) is 17.1 Å². The number of hydrogen-bond donors (Lipinski definition) is 2. The van der Waals surface area contributed by atoms with Crippen molar-refractivity contribution in [2.24, 2.45) is 5.41 Å². The van der Waals surface area contributed by atoms with Crippen LogP contribution in [0.15, 0.2) is 16.0 Å². The lowest BCUT2D eigenvalue weighted by Crippen LogP contribution is -2.24. The zero-order valence-electron chi connectivity index (χ0n) is 12.3. The number of carbonyl (C=O) groups is 1. The highest BCUT2D eigenvalue weighted by molar-refractivity contribution is 7.13. The van der Waals surface area contributed by atoms with Crippen LogP contribution in [-0.2, 0) is 6.42 Å². The number of aliphatic hydroxyl groups is 1. The summed E-state index contributed by atoms with van der Waals surface area (Å²) in [4.78, 5) is 16.3. The number of nitrogens with zero attached hydrogens (tertiary/aromatic N) is 1. The van der Waals surface area contributed by atoms with Crippen LogP contribution in [0, 0.1) is 12.3 Å². The third-order valence-electron chi connectivity index (χ3n) is 3.85. The molecule has 5 nitrogen and oxygen atoms in total. The first-order valence-corrected chi connectivity index (χ1v) is 7.76. The second-order valence-electron chi connectivity index (χ2n) is 6.25. The van der Waals surface area contributed by atoms with Crippen LogP contribution in [0.2, 0.25) is 0 Å². The van der Waals surface area contributed by atoms with Gasteiger partial charge in [0.2, 0.25) is 0 Å². The summed E-state index contributed by atoms with van der Waals surface area (Å²) in [5, 5.41) is 15.4. The van der Waals surface area contributed by atoms with Crippen LogP contribution in [0.1, 0.15) is 53.8 Å². The van der Waals surface area contributed by atoms with Crippen molar-refractivity contribution in [1.29, 1.82) is 0 Å². The molecule has 0 saturated heterocycles. The zero-order valence-corrected chi connectivity index (χ0v) is 13.1. The lowest BCUT2D eigenvalue weighted by molar-refractivity contribution is 0.0910. The van der Waals surface area contributed by atoms with Gasteiger partial charge >= 0.3 is 0 Å². The quantitative estimate of drug-likeness (QED) is 0.892. The van der Waals surface area contributed by atoms with E-state index in [1.165, 1.54) is 11.3 Å². The second-order valence-corrected chi connectivity index (χ2v) is 7.14. The number of rotatable bonds is 2. The number of nitrogens with one attached hydrogen (secondary N) is 1. The molecule has 112 valence electrons. The maximum absolute atomic E-state index is 12.3. The Kier molecular flexibility index (Phi) is 3.37. The average molecular weight is 306 g/mol. The molecule has 0 spiro atoms. The third-order valence-corrected chi connectivity index (χ3v) is 4.54. The van der Waals surface area contributed by atoms with Crippen molar-refractivity contribution in [2.75, 3.05) is 5.32 Å². The summed E-state index contributed by atoms with van der Waals surface area (Å²) in [7, 11) is 0. The van der Waals surface area contributed by atoms with Crippen molar-refractivity contribution in [1.82, 2.24) is 4.98 Å². The summed E-state index contributed by atoms with van der Waals surface area (Å²) in [6.07, 6.45) is 2.46. The predicted molar refractivity (Wildman–Crippen MR) is 80.6 cm³/mol. The number of aromatic nitrogens is 1. The molecule has 0 radical (unpaired) electrons. The minimum Gasteiger partial charge on any atom is -0.455 e. The van der Waals surface area contributed by atoms with Gasteiger partial charge in [-0.05, 0) is 18.8 Å². The maximum Gasteiger partial charge on any atom is 0.293 e. The predicted octanol–water partition coefficient (Wildman–Crippen LogP) is 3.30. The average Bonchev–Trinajstić information content (AvgIpc) is 2.95. The van der Waals surface area contributed by atoms with Gasteiger partial charge in [-0.25, -0.2) is 4.98 Å². The Labute approximate surface area is 127 Å². The van der Waals surface area contributed by atoms with E-state index in [4.69, 9.17) is 4.42 Å². The summed E-state index contributed by atoms with van der Waals surface area (Å²) in [5.41, 5.74) is 1.47. The molecule has 0 aromatic carbocycles. The van der Waals surface area contributed by atoms with Crippen molar-refractivity contribution in [2.45, 2.75) is 39.7 Å². The van der Waals surface area contributed by atoms with Crippen LogP contribution in [-0.4, -0.2) is 16.0 Å². The molecule has 2 heterocycles. The molecule has 6 heteroatoms. The third kappa shape index (κ3) is 2.61. The summed E-state index contributed by atoms with van der Waals surface area (Å²) >= 11 is 1.35. The van der Waals surface area contributed by atoms with Crippen LogP contribution in [0.3, 0.4) is 0 Å². The molecule has 0 bridgehead atoms. The molecule has 0 aliphatic heterocycles. The van der Waals surface area contributed by atoms with Gasteiger partial charge in [-0.3, -0.25) is 10.1 Å². The Balaban J connectivity index is 1.93. The normalized spacial score (nSPS) is 20.1. The highest BCUT2D eigenvalue weighted by Crippen LogP contribution is 2.44. The van der Waals surface area contributed by atoms with Crippen molar-refractivity contribution >= 4 is 22.4 Å². The number of carbonyl (C=O) groups excluding carboxylic acids is 1. The van der Waals surface area contributed by atoms with Gasteiger partial charge in [-0.2, -0.15) is 0 Å². The van der Waals surface area contributed by atoms with E-state index in [9.17, 15) is 9.90 Å². The Bertz CT molecular complexity index is 673. The van der Waals surface area contributed by atoms with E-state index >= 15 is 0 Å². The molecule has 2 aromatic heterocycles. The fourth-order valence-electron chi connectivity index (χ4n) is 2.94. The summed E-state index contributed by atoms with van der Waals surface area (Å²) < 4.78 is 5.76. The van der Waals surface area contributed by atoms with Gasteiger partial charge in [0, 0.05) is 29.1 Å². The smallest absolute Gasteiger partial charge is 0.293 e. The minimum atomic E-state index is -0.575. The van der Waals surface area contributed by atoms with Gasteiger partial charge in [0.05, 0.1) is 6.10 Å². The molecule has 1 amide bonds. The lowest BCUT2D eigenvalue weighted by atomic mass is 9.75. The van der Waals surface area contributed by atoms with E-state index in [1.807, 2.05) is 6.92 Å².